The minimum atomic E-state index is 0.243. The first-order chi connectivity index (χ1) is 8.13. The third-order valence-electron chi connectivity index (χ3n) is 3.62. The van der Waals surface area contributed by atoms with Gasteiger partial charge in [0.2, 0.25) is 5.91 Å². The summed E-state index contributed by atoms with van der Waals surface area (Å²) in [5.41, 5.74) is 3.80. The quantitative estimate of drug-likeness (QED) is 0.816. The lowest BCUT2D eigenvalue weighted by Crippen LogP contribution is -2.48. The van der Waals surface area contributed by atoms with E-state index in [1.54, 1.807) is 0 Å². The smallest absolute Gasteiger partial charge is 0.222 e. The average Bonchev–Trinajstić information content (AvgIpc) is 2.69. The van der Waals surface area contributed by atoms with Gasteiger partial charge in [-0.05, 0) is 25.0 Å². The van der Waals surface area contributed by atoms with Crippen molar-refractivity contribution in [2.24, 2.45) is 0 Å². The Morgan fingerprint density at radius 3 is 2.88 bits per heavy atom. The number of nitrogens with one attached hydrogen (secondary N) is 2. The van der Waals surface area contributed by atoms with Gasteiger partial charge in [-0.1, -0.05) is 6.92 Å². The number of carbonyl (C=O) groups is 1. The second kappa shape index (κ2) is 4.92. The molecule has 4 heteroatoms. The van der Waals surface area contributed by atoms with Crippen molar-refractivity contribution >= 4 is 5.91 Å². The molecule has 1 amide bonds. The van der Waals surface area contributed by atoms with Gasteiger partial charge in [-0.3, -0.25) is 4.79 Å². The molecule has 1 fully saturated rings. The van der Waals surface area contributed by atoms with Gasteiger partial charge in [0, 0.05) is 37.9 Å². The van der Waals surface area contributed by atoms with Crippen molar-refractivity contribution in [3.63, 3.8) is 0 Å². The third kappa shape index (κ3) is 2.36. The van der Waals surface area contributed by atoms with Crippen LogP contribution in [-0.4, -0.2) is 35.4 Å². The van der Waals surface area contributed by atoms with Crippen LogP contribution in [0.25, 0.3) is 0 Å². The van der Waals surface area contributed by atoms with Crippen LogP contribution in [0.3, 0.4) is 0 Å². The summed E-state index contributed by atoms with van der Waals surface area (Å²) in [6, 6.07) is 0.243. The number of hydrogen-bond donors (Lipinski definition) is 2. The number of aromatic nitrogens is 1. The number of H-pyrrole nitrogens is 1. The largest absolute Gasteiger partial charge is 0.363 e. The SMILES string of the molecule is CCC(=O)N1CCNC(c2[nH]cc(C)c2C)C1. The molecule has 1 aliphatic rings. The summed E-state index contributed by atoms with van der Waals surface area (Å²) in [6.07, 6.45) is 2.63. The monoisotopic (exact) mass is 235 g/mol. The van der Waals surface area contributed by atoms with Gasteiger partial charge in [0.05, 0.1) is 6.04 Å². The van der Waals surface area contributed by atoms with Gasteiger partial charge in [-0.15, -0.1) is 0 Å². The maximum atomic E-state index is 11.7. The summed E-state index contributed by atoms with van der Waals surface area (Å²) < 4.78 is 0. The highest BCUT2D eigenvalue weighted by Crippen LogP contribution is 2.22. The van der Waals surface area contributed by atoms with Crippen LogP contribution >= 0.6 is 0 Å². The lowest BCUT2D eigenvalue weighted by molar-refractivity contribution is -0.132. The number of aromatic amines is 1. The van der Waals surface area contributed by atoms with Crippen molar-refractivity contribution in [1.29, 1.82) is 0 Å². The molecule has 2 rings (SSSR count). The normalized spacial score (nSPS) is 20.6. The highest BCUT2D eigenvalue weighted by molar-refractivity contribution is 5.76. The predicted octanol–water partition coefficient (Wildman–Crippen LogP) is 1.51. The highest BCUT2D eigenvalue weighted by Gasteiger charge is 2.25. The van der Waals surface area contributed by atoms with Crippen LogP contribution in [0.2, 0.25) is 0 Å². The van der Waals surface area contributed by atoms with E-state index in [1.165, 1.54) is 16.8 Å². The number of nitrogens with zero attached hydrogens (tertiary/aromatic N) is 1. The van der Waals surface area contributed by atoms with E-state index in [0.717, 1.165) is 19.6 Å². The van der Waals surface area contributed by atoms with E-state index in [4.69, 9.17) is 0 Å². The molecule has 2 heterocycles. The summed E-state index contributed by atoms with van der Waals surface area (Å²) in [7, 11) is 0. The second-order valence-corrected chi connectivity index (χ2v) is 4.71. The Hall–Kier alpha value is -1.29. The fourth-order valence-electron chi connectivity index (χ4n) is 2.37. The molecule has 1 atom stereocenters. The van der Waals surface area contributed by atoms with E-state index < -0.39 is 0 Å². The molecule has 1 saturated heterocycles. The number of aryl methyl sites for hydroxylation is 1. The molecule has 4 nitrogen and oxygen atoms in total. The van der Waals surface area contributed by atoms with Crippen LogP contribution in [0.1, 0.15) is 36.2 Å². The van der Waals surface area contributed by atoms with E-state index in [1.807, 2.05) is 18.0 Å². The molecule has 0 radical (unpaired) electrons. The van der Waals surface area contributed by atoms with Crippen LogP contribution in [-0.2, 0) is 4.79 Å². The van der Waals surface area contributed by atoms with E-state index >= 15 is 0 Å². The van der Waals surface area contributed by atoms with Crippen LogP contribution in [0.4, 0.5) is 0 Å². The lowest BCUT2D eigenvalue weighted by atomic mass is 10.1. The molecule has 1 aromatic rings. The van der Waals surface area contributed by atoms with Crippen LogP contribution in [0.5, 0.6) is 0 Å². The first-order valence-electron chi connectivity index (χ1n) is 6.29. The molecular formula is C13H21N3O. The maximum Gasteiger partial charge on any atom is 0.222 e. The Kier molecular flexibility index (Phi) is 3.52. The topological polar surface area (TPSA) is 48.1 Å². The number of rotatable bonds is 2. The fourth-order valence-corrected chi connectivity index (χ4v) is 2.37. The highest BCUT2D eigenvalue weighted by atomic mass is 16.2. The molecule has 0 spiro atoms. The zero-order valence-electron chi connectivity index (χ0n) is 10.8. The molecule has 0 saturated carbocycles. The van der Waals surface area contributed by atoms with Crippen LogP contribution in [0, 0.1) is 13.8 Å². The fraction of sp³-hybridized carbons (Fsp3) is 0.615. The van der Waals surface area contributed by atoms with E-state index in [2.05, 4.69) is 24.1 Å². The standard InChI is InChI=1S/C13H21N3O/c1-4-12(17)16-6-5-14-11(8-16)13-10(3)9(2)7-15-13/h7,11,14-15H,4-6,8H2,1-3H3. The molecule has 17 heavy (non-hydrogen) atoms. The summed E-state index contributed by atoms with van der Waals surface area (Å²) in [5.74, 6) is 0.248. The van der Waals surface area contributed by atoms with Crippen molar-refractivity contribution in [2.45, 2.75) is 33.2 Å². The van der Waals surface area contributed by atoms with E-state index in [0.29, 0.717) is 6.42 Å². The number of hydrogen-bond acceptors (Lipinski definition) is 2. The number of piperazine rings is 1. The summed E-state index contributed by atoms with van der Waals surface area (Å²) >= 11 is 0. The second-order valence-electron chi connectivity index (χ2n) is 4.71. The molecule has 1 aromatic heterocycles. The van der Waals surface area contributed by atoms with Crippen molar-refractivity contribution in [3.05, 3.63) is 23.0 Å². The zero-order chi connectivity index (χ0) is 12.4. The Morgan fingerprint density at radius 1 is 1.53 bits per heavy atom. The Labute approximate surface area is 102 Å². The van der Waals surface area contributed by atoms with Gasteiger partial charge in [0.15, 0.2) is 0 Å². The minimum absolute atomic E-state index is 0.243. The summed E-state index contributed by atoms with van der Waals surface area (Å²) in [4.78, 5) is 17.0. The third-order valence-corrected chi connectivity index (χ3v) is 3.62. The molecule has 94 valence electrons. The predicted molar refractivity (Wildman–Crippen MR) is 67.9 cm³/mol. The molecule has 1 aliphatic heterocycles. The van der Waals surface area contributed by atoms with Crippen molar-refractivity contribution in [3.8, 4) is 0 Å². The average molecular weight is 235 g/mol. The first-order valence-corrected chi connectivity index (χ1v) is 6.29. The van der Waals surface area contributed by atoms with Gasteiger partial charge >= 0.3 is 0 Å². The lowest BCUT2D eigenvalue weighted by Gasteiger charge is -2.33. The van der Waals surface area contributed by atoms with Gasteiger partial charge in [-0.2, -0.15) is 0 Å². The van der Waals surface area contributed by atoms with Crippen molar-refractivity contribution in [1.82, 2.24) is 15.2 Å². The molecule has 0 aromatic carbocycles. The summed E-state index contributed by atoms with van der Waals surface area (Å²) in [5, 5.41) is 3.47. The first kappa shape index (κ1) is 12.2. The number of amides is 1. The summed E-state index contributed by atoms with van der Waals surface area (Å²) in [6.45, 7) is 8.61. The van der Waals surface area contributed by atoms with Crippen LogP contribution in [0.15, 0.2) is 6.20 Å². The Balaban J connectivity index is 2.12. The Bertz CT molecular complexity index is 411. The van der Waals surface area contributed by atoms with Crippen molar-refractivity contribution < 1.29 is 4.79 Å². The minimum Gasteiger partial charge on any atom is -0.363 e. The number of carbonyl (C=O) groups excluding carboxylic acids is 1. The Morgan fingerprint density at radius 2 is 2.29 bits per heavy atom. The van der Waals surface area contributed by atoms with E-state index in [-0.39, 0.29) is 11.9 Å². The zero-order valence-corrected chi connectivity index (χ0v) is 10.8. The molecule has 0 bridgehead atoms. The molecule has 2 N–H and O–H groups in total. The van der Waals surface area contributed by atoms with Crippen molar-refractivity contribution in [2.75, 3.05) is 19.6 Å². The van der Waals surface area contributed by atoms with Gasteiger partial charge in [-0.25, -0.2) is 0 Å². The molecule has 1 unspecified atom stereocenters. The van der Waals surface area contributed by atoms with Gasteiger partial charge in [0.1, 0.15) is 0 Å². The van der Waals surface area contributed by atoms with Gasteiger partial charge in [0.25, 0.3) is 0 Å². The van der Waals surface area contributed by atoms with Crippen LogP contribution < -0.4 is 5.32 Å². The van der Waals surface area contributed by atoms with E-state index in [9.17, 15) is 4.79 Å². The van der Waals surface area contributed by atoms with Gasteiger partial charge < -0.3 is 15.2 Å². The molecule has 0 aliphatic carbocycles. The maximum absolute atomic E-state index is 11.7. The molecular weight excluding hydrogens is 214 g/mol.